The number of nitrogens with zero attached hydrogens (tertiary/aromatic N) is 2. The molecular formula is C12H16N2O3. The van der Waals surface area contributed by atoms with Crippen molar-refractivity contribution in [3.63, 3.8) is 0 Å². The van der Waals surface area contributed by atoms with Gasteiger partial charge in [-0.05, 0) is 18.1 Å². The third kappa shape index (κ3) is 3.27. The summed E-state index contributed by atoms with van der Waals surface area (Å²) in [5.41, 5.74) is 0.824. The van der Waals surface area contributed by atoms with Crippen molar-refractivity contribution >= 4 is 17.7 Å². The minimum absolute atomic E-state index is 0.0299. The molecule has 0 radical (unpaired) electrons. The highest BCUT2D eigenvalue weighted by Crippen LogP contribution is 2.28. The fourth-order valence-electron chi connectivity index (χ4n) is 1.73. The van der Waals surface area contributed by atoms with Crippen LogP contribution in [0.3, 0.4) is 0 Å². The molecule has 0 amide bonds. The van der Waals surface area contributed by atoms with Crippen LogP contribution in [0.1, 0.15) is 24.2 Å². The van der Waals surface area contributed by atoms with Crippen LogP contribution in [0.2, 0.25) is 0 Å². The summed E-state index contributed by atoms with van der Waals surface area (Å²) < 4.78 is 0. The van der Waals surface area contributed by atoms with Gasteiger partial charge in [0.25, 0.3) is 5.69 Å². The summed E-state index contributed by atoms with van der Waals surface area (Å²) in [6, 6.07) is 4.51. The summed E-state index contributed by atoms with van der Waals surface area (Å²) >= 11 is 0. The van der Waals surface area contributed by atoms with Gasteiger partial charge in [-0.1, -0.05) is 13.8 Å². The molecule has 0 spiro atoms. The van der Waals surface area contributed by atoms with Gasteiger partial charge in [0.1, 0.15) is 12.0 Å². The second-order valence-electron chi connectivity index (χ2n) is 4.40. The minimum atomic E-state index is -0.459. The molecule has 92 valence electrons. The second-order valence-corrected chi connectivity index (χ2v) is 4.40. The number of hydrogen-bond donors (Lipinski definition) is 0. The van der Waals surface area contributed by atoms with Crippen LogP contribution >= 0.6 is 0 Å². The van der Waals surface area contributed by atoms with E-state index in [9.17, 15) is 14.9 Å². The highest BCUT2D eigenvalue weighted by molar-refractivity contribution is 5.79. The molecule has 17 heavy (non-hydrogen) atoms. The molecule has 0 fully saturated rings. The Labute approximate surface area is 100 Å². The highest BCUT2D eigenvalue weighted by Gasteiger charge is 2.18. The first-order chi connectivity index (χ1) is 7.95. The van der Waals surface area contributed by atoms with Gasteiger partial charge in [0.05, 0.1) is 4.92 Å². The Balaban J connectivity index is 3.14. The van der Waals surface area contributed by atoms with E-state index >= 15 is 0 Å². The van der Waals surface area contributed by atoms with E-state index in [1.54, 1.807) is 12.1 Å². The van der Waals surface area contributed by atoms with Gasteiger partial charge in [0.2, 0.25) is 0 Å². The number of anilines is 1. The lowest BCUT2D eigenvalue weighted by atomic mass is 10.1. The number of nitro groups is 1. The van der Waals surface area contributed by atoms with Crippen LogP contribution in [0.5, 0.6) is 0 Å². The van der Waals surface area contributed by atoms with Crippen molar-refractivity contribution < 1.29 is 9.72 Å². The number of hydrogen-bond acceptors (Lipinski definition) is 4. The van der Waals surface area contributed by atoms with Crippen molar-refractivity contribution in [2.24, 2.45) is 5.92 Å². The molecule has 1 aromatic carbocycles. The molecule has 0 N–H and O–H groups in total. The topological polar surface area (TPSA) is 63.5 Å². The molecule has 0 aliphatic heterocycles. The maximum Gasteiger partial charge on any atom is 0.293 e. The first-order valence-electron chi connectivity index (χ1n) is 5.40. The van der Waals surface area contributed by atoms with Crippen molar-refractivity contribution in [1.82, 2.24) is 0 Å². The van der Waals surface area contributed by atoms with Gasteiger partial charge in [-0.2, -0.15) is 0 Å². The van der Waals surface area contributed by atoms with E-state index in [0.717, 1.165) is 6.54 Å². The van der Waals surface area contributed by atoms with Crippen LogP contribution in [0, 0.1) is 16.0 Å². The predicted octanol–water partition coefficient (Wildman–Crippen LogP) is 2.50. The van der Waals surface area contributed by atoms with Crippen molar-refractivity contribution in [3.05, 3.63) is 33.9 Å². The van der Waals surface area contributed by atoms with E-state index in [4.69, 9.17) is 0 Å². The number of aldehydes is 1. The van der Waals surface area contributed by atoms with Gasteiger partial charge >= 0.3 is 0 Å². The third-order valence-electron chi connectivity index (χ3n) is 2.38. The van der Waals surface area contributed by atoms with Crippen molar-refractivity contribution in [2.75, 3.05) is 18.5 Å². The molecule has 1 rings (SSSR count). The van der Waals surface area contributed by atoms with E-state index in [1.807, 2.05) is 25.8 Å². The third-order valence-corrected chi connectivity index (χ3v) is 2.38. The van der Waals surface area contributed by atoms with E-state index in [2.05, 4.69) is 0 Å². The Morgan fingerprint density at radius 2 is 2.12 bits per heavy atom. The maximum absolute atomic E-state index is 10.9. The lowest BCUT2D eigenvalue weighted by molar-refractivity contribution is -0.384. The minimum Gasteiger partial charge on any atom is -0.369 e. The second kappa shape index (κ2) is 5.43. The van der Waals surface area contributed by atoms with E-state index in [-0.39, 0.29) is 5.69 Å². The summed E-state index contributed by atoms with van der Waals surface area (Å²) in [7, 11) is 1.81. The number of benzene rings is 1. The quantitative estimate of drug-likeness (QED) is 0.447. The molecule has 0 atom stereocenters. The molecule has 0 saturated heterocycles. The molecule has 0 saturated carbocycles. The van der Waals surface area contributed by atoms with Crippen molar-refractivity contribution in [2.45, 2.75) is 13.8 Å². The average Bonchev–Trinajstić information content (AvgIpc) is 2.27. The number of nitro benzene ring substituents is 1. The summed E-state index contributed by atoms with van der Waals surface area (Å²) in [6.45, 7) is 4.81. The number of carbonyl (C=O) groups is 1. The molecule has 0 bridgehead atoms. The predicted molar refractivity (Wildman–Crippen MR) is 66.6 cm³/mol. The molecule has 0 aromatic heterocycles. The Kier molecular flexibility index (Phi) is 4.20. The summed E-state index contributed by atoms with van der Waals surface area (Å²) in [4.78, 5) is 22.9. The fraction of sp³-hybridized carbons (Fsp3) is 0.417. The van der Waals surface area contributed by atoms with Gasteiger partial charge in [-0.15, -0.1) is 0 Å². The van der Waals surface area contributed by atoms with Crippen LogP contribution in [0.25, 0.3) is 0 Å². The van der Waals surface area contributed by atoms with Gasteiger partial charge in [-0.25, -0.2) is 0 Å². The molecule has 0 aliphatic rings. The zero-order chi connectivity index (χ0) is 13.0. The molecule has 5 heteroatoms. The van der Waals surface area contributed by atoms with E-state index in [1.165, 1.54) is 6.07 Å². The average molecular weight is 236 g/mol. The van der Waals surface area contributed by atoms with Gasteiger partial charge in [0, 0.05) is 25.2 Å². The molecule has 0 heterocycles. The fourth-order valence-corrected chi connectivity index (χ4v) is 1.73. The largest absolute Gasteiger partial charge is 0.369 e. The standard InChI is InChI=1S/C12H16N2O3/c1-9(2)7-13(3)11-5-4-10(8-15)6-12(11)14(16)17/h4-6,8-9H,7H2,1-3H3. The zero-order valence-corrected chi connectivity index (χ0v) is 10.2. The molecular weight excluding hydrogens is 220 g/mol. The monoisotopic (exact) mass is 236 g/mol. The van der Waals surface area contributed by atoms with Crippen LogP contribution in [0.4, 0.5) is 11.4 Å². The number of carbonyl (C=O) groups excluding carboxylic acids is 1. The SMILES string of the molecule is CC(C)CN(C)c1ccc(C=O)cc1[N+](=O)[O-]. The van der Waals surface area contributed by atoms with Gasteiger partial charge < -0.3 is 4.90 Å². The lowest BCUT2D eigenvalue weighted by Crippen LogP contribution is -2.23. The molecule has 5 nitrogen and oxygen atoms in total. The Morgan fingerprint density at radius 3 is 2.59 bits per heavy atom. The molecule has 0 aliphatic carbocycles. The van der Waals surface area contributed by atoms with Gasteiger partial charge in [0.15, 0.2) is 0 Å². The normalized spacial score (nSPS) is 10.4. The first-order valence-corrected chi connectivity index (χ1v) is 5.40. The first kappa shape index (κ1) is 13.2. The summed E-state index contributed by atoms with van der Waals surface area (Å²) in [5.74, 6) is 0.408. The summed E-state index contributed by atoms with van der Waals surface area (Å²) in [5, 5.41) is 10.9. The number of rotatable bonds is 5. The van der Waals surface area contributed by atoms with Crippen molar-refractivity contribution in [3.8, 4) is 0 Å². The maximum atomic E-state index is 10.9. The van der Waals surface area contributed by atoms with Crippen LogP contribution in [0.15, 0.2) is 18.2 Å². The molecule has 1 aromatic rings. The lowest BCUT2D eigenvalue weighted by Gasteiger charge is -2.21. The summed E-state index contributed by atoms with van der Waals surface area (Å²) in [6.07, 6.45) is 0.610. The Hall–Kier alpha value is -1.91. The zero-order valence-electron chi connectivity index (χ0n) is 10.2. The van der Waals surface area contributed by atoms with Gasteiger partial charge in [-0.3, -0.25) is 14.9 Å². The van der Waals surface area contributed by atoms with Crippen molar-refractivity contribution in [1.29, 1.82) is 0 Å². The van der Waals surface area contributed by atoms with Crippen LogP contribution in [-0.2, 0) is 0 Å². The van der Waals surface area contributed by atoms with Crippen LogP contribution in [-0.4, -0.2) is 24.8 Å². The highest BCUT2D eigenvalue weighted by atomic mass is 16.6. The van der Waals surface area contributed by atoms with Crippen LogP contribution < -0.4 is 4.90 Å². The Bertz CT molecular complexity index is 430. The van der Waals surface area contributed by atoms with E-state index < -0.39 is 4.92 Å². The smallest absolute Gasteiger partial charge is 0.293 e. The Morgan fingerprint density at radius 1 is 1.47 bits per heavy atom. The molecule has 0 unspecified atom stereocenters. The van der Waals surface area contributed by atoms with E-state index in [0.29, 0.717) is 23.5 Å².